The maximum Gasteiger partial charge on any atom is 0.469 e. The van der Waals surface area contributed by atoms with Gasteiger partial charge >= 0.3 is 19.8 Å². The van der Waals surface area contributed by atoms with E-state index in [1.807, 2.05) is 6.92 Å². The fourth-order valence-electron chi connectivity index (χ4n) is 3.21. The van der Waals surface area contributed by atoms with E-state index in [2.05, 4.69) is 47.9 Å². The van der Waals surface area contributed by atoms with Gasteiger partial charge in [0.05, 0.1) is 6.61 Å². The normalized spacial score (nSPS) is 13.1. The fraction of sp³-hybridized carbons (Fsp3) is 0.704. The Morgan fingerprint density at radius 1 is 0.750 bits per heavy atom. The van der Waals surface area contributed by atoms with E-state index < -0.39 is 32.5 Å². The molecule has 0 saturated carbocycles. The molecule has 0 spiro atoms. The molecule has 36 heavy (non-hydrogen) atoms. The smallest absolute Gasteiger partial charge is 0.462 e. The molecule has 208 valence electrons. The Bertz CT molecular complexity index is 696. The highest BCUT2D eigenvalue weighted by Gasteiger charge is 2.22. The van der Waals surface area contributed by atoms with Crippen LogP contribution in [0.3, 0.4) is 0 Å². The highest BCUT2D eigenvalue weighted by Crippen LogP contribution is 2.35. The molecule has 0 rings (SSSR count). The lowest BCUT2D eigenvalue weighted by molar-refractivity contribution is -0.161. The first kappa shape index (κ1) is 34.3. The number of rotatable bonds is 23. The second-order valence-corrected chi connectivity index (χ2v) is 9.88. The molecule has 9 heteroatoms. The first-order chi connectivity index (χ1) is 17.3. The van der Waals surface area contributed by atoms with Crippen molar-refractivity contribution in [2.75, 3.05) is 13.2 Å². The largest absolute Gasteiger partial charge is 0.469 e. The van der Waals surface area contributed by atoms with E-state index in [-0.39, 0.29) is 19.4 Å². The first-order valence-corrected chi connectivity index (χ1v) is 14.8. The topological polar surface area (TPSA) is 119 Å². The minimum atomic E-state index is -4.73. The van der Waals surface area contributed by atoms with Crippen molar-refractivity contribution in [3.63, 3.8) is 0 Å². The number of esters is 2. The Balaban J connectivity index is 4.03. The van der Waals surface area contributed by atoms with Crippen molar-refractivity contribution < 1.29 is 37.9 Å². The summed E-state index contributed by atoms with van der Waals surface area (Å²) < 4.78 is 25.7. The summed E-state index contributed by atoms with van der Waals surface area (Å²) in [5.74, 6) is -0.940. The molecule has 0 saturated heterocycles. The molecule has 0 amide bonds. The van der Waals surface area contributed by atoms with E-state index in [0.29, 0.717) is 12.8 Å². The van der Waals surface area contributed by atoms with Gasteiger partial charge < -0.3 is 19.3 Å². The molecule has 0 radical (unpaired) electrons. The maximum atomic E-state index is 12.1. The number of hydrogen-bond acceptors (Lipinski definition) is 6. The van der Waals surface area contributed by atoms with Crippen LogP contribution in [-0.4, -0.2) is 41.0 Å². The van der Waals surface area contributed by atoms with E-state index in [1.165, 1.54) is 0 Å². The Morgan fingerprint density at radius 2 is 1.33 bits per heavy atom. The van der Waals surface area contributed by atoms with Gasteiger partial charge in [0.2, 0.25) is 0 Å². The molecule has 0 heterocycles. The van der Waals surface area contributed by atoms with Gasteiger partial charge in [-0.2, -0.15) is 0 Å². The minimum Gasteiger partial charge on any atom is -0.462 e. The first-order valence-electron chi connectivity index (χ1n) is 13.3. The van der Waals surface area contributed by atoms with E-state index in [1.54, 1.807) is 0 Å². The SMILES string of the molecule is CC/C=C\C/C=C\C/C=C\CCCCCCCC(=O)OC(COC(=O)CCCCC)COP(=O)(O)O. The quantitative estimate of drug-likeness (QED) is 0.0646. The van der Waals surface area contributed by atoms with Crippen LogP contribution in [-0.2, 0) is 28.2 Å². The molecule has 0 aliphatic carbocycles. The van der Waals surface area contributed by atoms with Gasteiger partial charge in [0.15, 0.2) is 6.10 Å². The number of hydrogen-bond donors (Lipinski definition) is 2. The number of carbonyl (C=O) groups is 2. The van der Waals surface area contributed by atoms with Gasteiger partial charge in [0.25, 0.3) is 0 Å². The summed E-state index contributed by atoms with van der Waals surface area (Å²) in [6.07, 6.45) is 23.9. The van der Waals surface area contributed by atoms with E-state index in [4.69, 9.17) is 19.3 Å². The molecule has 0 fully saturated rings. The molecule has 1 atom stereocenters. The summed E-state index contributed by atoms with van der Waals surface area (Å²) in [4.78, 5) is 41.7. The van der Waals surface area contributed by atoms with Crippen LogP contribution < -0.4 is 0 Å². The number of carbonyl (C=O) groups excluding carboxylic acids is 2. The highest BCUT2D eigenvalue weighted by atomic mass is 31.2. The molecular formula is C27H47O8P. The number of ether oxygens (including phenoxy) is 2. The molecular weight excluding hydrogens is 483 g/mol. The van der Waals surface area contributed by atoms with Crippen LogP contribution in [0, 0.1) is 0 Å². The summed E-state index contributed by atoms with van der Waals surface area (Å²) in [5.41, 5.74) is 0. The lowest BCUT2D eigenvalue weighted by Crippen LogP contribution is -2.29. The van der Waals surface area contributed by atoms with Crippen LogP contribution in [0.2, 0.25) is 0 Å². The van der Waals surface area contributed by atoms with Gasteiger partial charge in [0, 0.05) is 12.8 Å². The van der Waals surface area contributed by atoms with Gasteiger partial charge in [0.1, 0.15) is 6.61 Å². The minimum absolute atomic E-state index is 0.191. The lowest BCUT2D eigenvalue weighted by Gasteiger charge is -2.18. The second kappa shape index (κ2) is 23.7. The van der Waals surface area contributed by atoms with Crippen LogP contribution in [0.1, 0.15) is 104 Å². The van der Waals surface area contributed by atoms with E-state index in [9.17, 15) is 14.2 Å². The third-order valence-electron chi connectivity index (χ3n) is 5.17. The van der Waals surface area contributed by atoms with Crippen molar-refractivity contribution in [1.29, 1.82) is 0 Å². The number of phosphoric acid groups is 1. The van der Waals surface area contributed by atoms with Crippen LogP contribution in [0.5, 0.6) is 0 Å². The van der Waals surface area contributed by atoms with Gasteiger partial charge in [-0.05, 0) is 44.9 Å². The monoisotopic (exact) mass is 530 g/mol. The Kier molecular flexibility index (Phi) is 22.5. The van der Waals surface area contributed by atoms with E-state index >= 15 is 0 Å². The number of allylic oxidation sites excluding steroid dienone is 6. The Hall–Kier alpha value is -1.73. The maximum absolute atomic E-state index is 12.1. The van der Waals surface area contributed by atoms with Crippen LogP contribution >= 0.6 is 7.82 Å². The predicted octanol–water partition coefficient (Wildman–Crippen LogP) is 6.72. The van der Waals surface area contributed by atoms with Crippen molar-refractivity contribution in [1.82, 2.24) is 0 Å². The van der Waals surface area contributed by atoms with E-state index in [0.717, 1.165) is 64.2 Å². The van der Waals surface area contributed by atoms with Crippen molar-refractivity contribution in [2.45, 2.75) is 110 Å². The summed E-state index contributed by atoms with van der Waals surface area (Å²) in [5, 5.41) is 0. The highest BCUT2D eigenvalue weighted by molar-refractivity contribution is 7.46. The predicted molar refractivity (Wildman–Crippen MR) is 142 cm³/mol. The zero-order valence-electron chi connectivity index (χ0n) is 22.1. The summed E-state index contributed by atoms with van der Waals surface area (Å²) >= 11 is 0. The molecule has 0 bridgehead atoms. The second-order valence-electron chi connectivity index (χ2n) is 8.64. The number of phosphoric ester groups is 1. The average molecular weight is 531 g/mol. The van der Waals surface area contributed by atoms with Crippen LogP contribution in [0.25, 0.3) is 0 Å². The van der Waals surface area contributed by atoms with Crippen molar-refractivity contribution in [3.8, 4) is 0 Å². The van der Waals surface area contributed by atoms with Gasteiger partial charge in [-0.1, -0.05) is 82.4 Å². The van der Waals surface area contributed by atoms with Gasteiger partial charge in [-0.25, -0.2) is 4.57 Å². The van der Waals surface area contributed by atoms with Gasteiger partial charge in [-0.3, -0.25) is 14.1 Å². The third kappa shape index (κ3) is 25.4. The third-order valence-corrected chi connectivity index (χ3v) is 5.66. The molecule has 0 aromatic carbocycles. The lowest BCUT2D eigenvalue weighted by atomic mass is 10.1. The zero-order chi connectivity index (χ0) is 26.9. The summed E-state index contributed by atoms with van der Waals surface area (Å²) in [6.45, 7) is 3.31. The van der Waals surface area contributed by atoms with Crippen molar-refractivity contribution >= 4 is 19.8 Å². The van der Waals surface area contributed by atoms with Gasteiger partial charge in [-0.15, -0.1) is 0 Å². The van der Waals surface area contributed by atoms with Crippen LogP contribution in [0.4, 0.5) is 0 Å². The Morgan fingerprint density at radius 3 is 2.00 bits per heavy atom. The van der Waals surface area contributed by atoms with Crippen molar-refractivity contribution in [3.05, 3.63) is 36.5 Å². The fourth-order valence-corrected chi connectivity index (χ4v) is 3.57. The zero-order valence-corrected chi connectivity index (χ0v) is 23.0. The molecule has 0 aromatic rings. The molecule has 2 N–H and O–H groups in total. The molecule has 8 nitrogen and oxygen atoms in total. The molecule has 1 unspecified atom stereocenters. The average Bonchev–Trinajstić information content (AvgIpc) is 2.83. The summed E-state index contributed by atoms with van der Waals surface area (Å²) in [7, 11) is -4.73. The van der Waals surface area contributed by atoms with Crippen molar-refractivity contribution in [2.24, 2.45) is 0 Å². The molecule has 0 aromatic heterocycles. The number of unbranched alkanes of at least 4 members (excludes halogenated alkanes) is 7. The standard InChI is InChI=1S/C27H47O8P/c1-3-5-7-8-9-10-11-12-13-14-15-16-17-18-20-22-27(29)35-25(24-34-36(30,31)32)23-33-26(28)21-19-6-4-2/h5,7,9-10,12-13,25H,3-4,6,8,11,14-24H2,1-2H3,(H2,30,31,32)/b7-5-,10-9-,13-12-. The molecule has 0 aliphatic rings. The Labute approximate surface area is 217 Å². The molecule has 0 aliphatic heterocycles. The summed E-state index contributed by atoms with van der Waals surface area (Å²) in [6, 6.07) is 0. The van der Waals surface area contributed by atoms with Crippen LogP contribution in [0.15, 0.2) is 36.5 Å².